The highest BCUT2D eigenvalue weighted by Gasteiger charge is 2.18. The van der Waals surface area contributed by atoms with Gasteiger partial charge in [-0.05, 0) is 6.07 Å². The standard InChI is InChI=1S/C10H6FN3O3S/c11-6-1-2-9(14(16)17)7(3-6)13-10(15)8-4-18-5-12-8/h1-5H,(H,13,15). The Balaban J connectivity index is 2.31. The van der Waals surface area contributed by atoms with Gasteiger partial charge < -0.3 is 5.32 Å². The number of amides is 1. The minimum absolute atomic E-state index is 0.124. The van der Waals surface area contributed by atoms with E-state index in [4.69, 9.17) is 0 Å². The summed E-state index contributed by atoms with van der Waals surface area (Å²) in [5.74, 6) is -1.29. The smallest absolute Gasteiger partial charge is 0.292 e. The molecule has 2 aromatic rings. The number of aromatic nitrogens is 1. The SMILES string of the molecule is O=C(Nc1cc(F)ccc1[N+](=O)[O-])c1cscn1. The number of thiazole rings is 1. The topological polar surface area (TPSA) is 85.1 Å². The van der Waals surface area contributed by atoms with Crippen LogP contribution in [0.2, 0.25) is 0 Å². The number of nitro benzene ring substituents is 1. The molecule has 0 saturated heterocycles. The zero-order chi connectivity index (χ0) is 13.1. The summed E-state index contributed by atoms with van der Waals surface area (Å²) in [6, 6.07) is 2.84. The number of nitro groups is 1. The molecule has 1 aromatic heterocycles. The highest BCUT2D eigenvalue weighted by Crippen LogP contribution is 2.25. The summed E-state index contributed by atoms with van der Waals surface area (Å²) in [6.45, 7) is 0. The van der Waals surface area contributed by atoms with E-state index in [2.05, 4.69) is 10.3 Å². The minimum atomic E-state index is -0.698. The summed E-state index contributed by atoms with van der Waals surface area (Å²) in [6.07, 6.45) is 0. The van der Waals surface area contributed by atoms with Gasteiger partial charge in [0.05, 0.1) is 10.4 Å². The van der Waals surface area contributed by atoms with Crippen LogP contribution in [0.15, 0.2) is 29.1 Å². The van der Waals surface area contributed by atoms with Gasteiger partial charge in [-0.2, -0.15) is 0 Å². The monoisotopic (exact) mass is 267 g/mol. The predicted molar refractivity (Wildman–Crippen MR) is 63.1 cm³/mol. The molecule has 0 aliphatic carbocycles. The number of rotatable bonds is 3. The average Bonchev–Trinajstić information content (AvgIpc) is 2.81. The predicted octanol–water partition coefficient (Wildman–Crippen LogP) is 2.44. The Morgan fingerprint density at radius 3 is 2.89 bits per heavy atom. The lowest BCUT2D eigenvalue weighted by Crippen LogP contribution is -2.13. The van der Waals surface area contributed by atoms with Gasteiger partial charge >= 0.3 is 0 Å². The van der Waals surface area contributed by atoms with Crippen LogP contribution in [0.4, 0.5) is 15.8 Å². The molecule has 1 amide bonds. The van der Waals surface area contributed by atoms with E-state index in [1.165, 1.54) is 22.2 Å². The van der Waals surface area contributed by atoms with Crippen LogP contribution >= 0.6 is 11.3 Å². The fraction of sp³-hybridized carbons (Fsp3) is 0. The lowest BCUT2D eigenvalue weighted by molar-refractivity contribution is -0.384. The van der Waals surface area contributed by atoms with Crippen LogP contribution in [0.3, 0.4) is 0 Å². The van der Waals surface area contributed by atoms with Crippen molar-refractivity contribution in [3.63, 3.8) is 0 Å². The van der Waals surface area contributed by atoms with Crippen molar-refractivity contribution >= 4 is 28.6 Å². The number of nitrogens with zero attached hydrogens (tertiary/aromatic N) is 2. The van der Waals surface area contributed by atoms with Crippen molar-refractivity contribution < 1.29 is 14.1 Å². The second-order valence-electron chi connectivity index (χ2n) is 3.25. The fourth-order valence-corrected chi connectivity index (χ4v) is 1.81. The highest BCUT2D eigenvalue weighted by atomic mass is 32.1. The maximum absolute atomic E-state index is 13.0. The maximum Gasteiger partial charge on any atom is 0.292 e. The molecule has 8 heteroatoms. The van der Waals surface area contributed by atoms with Gasteiger partial charge in [-0.15, -0.1) is 11.3 Å². The molecule has 0 atom stereocenters. The second-order valence-corrected chi connectivity index (χ2v) is 3.97. The van der Waals surface area contributed by atoms with E-state index in [1.807, 2.05) is 0 Å². The van der Waals surface area contributed by atoms with E-state index >= 15 is 0 Å². The number of anilines is 1. The van der Waals surface area contributed by atoms with Crippen molar-refractivity contribution in [1.29, 1.82) is 0 Å². The van der Waals surface area contributed by atoms with Crippen LogP contribution in [-0.4, -0.2) is 15.8 Å². The normalized spacial score (nSPS) is 10.1. The molecular weight excluding hydrogens is 261 g/mol. The van der Waals surface area contributed by atoms with Crippen LogP contribution in [0.1, 0.15) is 10.5 Å². The Bertz CT molecular complexity index is 600. The minimum Gasteiger partial charge on any atom is -0.315 e. The van der Waals surface area contributed by atoms with Crippen LogP contribution in [-0.2, 0) is 0 Å². The number of halogens is 1. The number of carbonyl (C=O) groups excluding carboxylic acids is 1. The first-order chi connectivity index (χ1) is 8.58. The van der Waals surface area contributed by atoms with Gasteiger partial charge in [-0.1, -0.05) is 0 Å². The Hall–Kier alpha value is -2.35. The molecule has 0 saturated carbocycles. The summed E-state index contributed by atoms with van der Waals surface area (Å²) in [5.41, 5.74) is 1.01. The molecular formula is C10H6FN3O3S. The third-order valence-electron chi connectivity index (χ3n) is 2.07. The first-order valence-corrected chi connectivity index (χ1v) is 5.65. The Morgan fingerprint density at radius 1 is 1.50 bits per heavy atom. The zero-order valence-electron chi connectivity index (χ0n) is 8.79. The maximum atomic E-state index is 13.0. The van der Waals surface area contributed by atoms with Gasteiger partial charge in [-0.25, -0.2) is 9.37 Å². The Labute approximate surface area is 104 Å². The van der Waals surface area contributed by atoms with Crippen LogP contribution in [0.25, 0.3) is 0 Å². The summed E-state index contributed by atoms with van der Waals surface area (Å²) in [5, 5.41) is 14.5. The molecule has 6 nitrogen and oxygen atoms in total. The first kappa shape index (κ1) is 12.1. The first-order valence-electron chi connectivity index (χ1n) is 4.71. The van der Waals surface area contributed by atoms with Gasteiger partial charge in [0.1, 0.15) is 17.2 Å². The van der Waals surface area contributed by atoms with Crippen molar-refractivity contribution in [3.8, 4) is 0 Å². The van der Waals surface area contributed by atoms with Crippen LogP contribution in [0.5, 0.6) is 0 Å². The molecule has 18 heavy (non-hydrogen) atoms. The zero-order valence-corrected chi connectivity index (χ0v) is 9.61. The number of benzene rings is 1. The van der Waals surface area contributed by atoms with Gasteiger partial charge in [0.2, 0.25) is 0 Å². The molecule has 0 aliphatic rings. The van der Waals surface area contributed by atoms with Crippen LogP contribution < -0.4 is 5.32 Å². The molecule has 92 valence electrons. The average molecular weight is 267 g/mol. The number of nitrogens with one attached hydrogen (secondary N) is 1. The molecule has 0 aliphatic heterocycles. The van der Waals surface area contributed by atoms with Crippen molar-refractivity contribution in [2.75, 3.05) is 5.32 Å². The van der Waals surface area contributed by atoms with Gasteiger partial charge in [0, 0.05) is 17.5 Å². The van der Waals surface area contributed by atoms with Gasteiger partial charge in [0.15, 0.2) is 0 Å². The molecule has 0 radical (unpaired) electrons. The molecule has 1 heterocycles. The van der Waals surface area contributed by atoms with Crippen molar-refractivity contribution in [1.82, 2.24) is 4.98 Å². The van der Waals surface area contributed by atoms with E-state index in [9.17, 15) is 19.3 Å². The van der Waals surface area contributed by atoms with Crippen molar-refractivity contribution in [2.45, 2.75) is 0 Å². The largest absolute Gasteiger partial charge is 0.315 e. The summed E-state index contributed by atoms with van der Waals surface area (Å²) >= 11 is 1.21. The van der Waals surface area contributed by atoms with E-state index < -0.39 is 16.6 Å². The third-order valence-corrected chi connectivity index (χ3v) is 2.65. The quantitative estimate of drug-likeness (QED) is 0.683. The van der Waals surface area contributed by atoms with E-state index in [-0.39, 0.29) is 17.1 Å². The fourth-order valence-electron chi connectivity index (χ4n) is 1.28. The molecule has 0 unspecified atom stereocenters. The van der Waals surface area contributed by atoms with E-state index in [1.54, 1.807) is 0 Å². The Kier molecular flexibility index (Phi) is 3.28. The number of hydrogen-bond acceptors (Lipinski definition) is 5. The molecule has 0 spiro atoms. The third kappa shape index (κ3) is 2.48. The lowest BCUT2D eigenvalue weighted by atomic mass is 10.2. The molecule has 1 aromatic carbocycles. The van der Waals surface area contributed by atoms with Gasteiger partial charge in [-0.3, -0.25) is 14.9 Å². The molecule has 1 N–H and O–H groups in total. The van der Waals surface area contributed by atoms with Crippen molar-refractivity contribution in [2.24, 2.45) is 0 Å². The molecule has 2 rings (SSSR count). The lowest BCUT2D eigenvalue weighted by Gasteiger charge is -2.04. The van der Waals surface area contributed by atoms with Crippen molar-refractivity contribution in [3.05, 3.63) is 50.7 Å². The number of hydrogen-bond donors (Lipinski definition) is 1. The second kappa shape index (κ2) is 4.88. The molecule has 0 bridgehead atoms. The van der Waals surface area contributed by atoms with Gasteiger partial charge in [0.25, 0.3) is 11.6 Å². The Morgan fingerprint density at radius 2 is 2.28 bits per heavy atom. The van der Waals surface area contributed by atoms with E-state index in [0.717, 1.165) is 18.2 Å². The number of carbonyl (C=O) groups is 1. The van der Waals surface area contributed by atoms with Crippen LogP contribution in [0, 0.1) is 15.9 Å². The molecule has 0 fully saturated rings. The summed E-state index contributed by atoms with van der Waals surface area (Å²) < 4.78 is 13.0. The highest BCUT2D eigenvalue weighted by molar-refractivity contribution is 7.07. The summed E-state index contributed by atoms with van der Waals surface area (Å²) in [7, 11) is 0. The summed E-state index contributed by atoms with van der Waals surface area (Å²) in [4.78, 5) is 25.4. The van der Waals surface area contributed by atoms with E-state index in [0.29, 0.717) is 0 Å².